The van der Waals surface area contributed by atoms with Crippen LogP contribution in [0.4, 0.5) is 0 Å². The van der Waals surface area contributed by atoms with E-state index in [-0.39, 0.29) is 12.1 Å². The number of hydrogen-bond donors (Lipinski definition) is 3. The first-order valence-corrected chi connectivity index (χ1v) is 5.92. The number of rotatable bonds is 10. The molecule has 0 radical (unpaired) electrons. The average Bonchev–Trinajstić information content (AvgIpc) is 2.16. The maximum Gasteiger partial charge on any atom is 0.0617 e. The number of ether oxygens (including phenoxy) is 2. The Hall–Kier alpha value is -0.200. The summed E-state index contributed by atoms with van der Waals surface area (Å²) in [5.41, 5.74) is 11.1. The molecule has 0 saturated carbocycles. The van der Waals surface area contributed by atoms with Crippen molar-refractivity contribution in [3.05, 3.63) is 0 Å². The van der Waals surface area contributed by atoms with Crippen molar-refractivity contribution < 1.29 is 9.47 Å². The Bertz CT molecular complexity index is 154. The summed E-state index contributed by atoms with van der Waals surface area (Å²) in [5, 5.41) is 3.30. The van der Waals surface area contributed by atoms with E-state index in [1.807, 2.05) is 13.8 Å². The minimum absolute atomic E-state index is 0.0987. The Kier molecular flexibility index (Phi) is 9.86. The van der Waals surface area contributed by atoms with Gasteiger partial charge in [0.25, 0.3) is 0 Å². The lowest BCUT2D eigenvalue weighted by Gasteiger charge is -2.15. The van der Waals surface area contributed by atoms with E-state index >= 15 is 0 Å². The van der Waals surface area contributed by atoms with Crippen LogP contribution < -0.4 is 16.8 Å². The zero-order valence-electron chi connectivity index (χ0n) is 10.7. The summed E-state index contributed by atoms with van der Waals surface area (Å²) in [5.74, 6) is 0. The predicted octanol–water partition coefficient (Wildman–Crippen LogP) is -0.308. The van der Waals surface area contributed by atoms with Gasteiger partial charge in [0.15, 0.2) is 0 Å². The Labute approximate surface area is 98.8 Å². The average molecular weight is 233 g/mol. The van der Waals surface area contributed by atoms with E-state index in [4.69, 9.17) is 20.9 Å². The SMILES string of the molecule is CC(N)COCCNC(C)COCC(C)N. The van der Waals surface area contributed by atoms with E-state index in [0.29, 0.717) is 32.5 Å². The van der Waals surface area contributed by atoms with E-state index in [2.05, 4.69) is 12.2 Å². The Balaban J connectivity index is 3.20. The van der Waals surface area contributed by atoms with Gasteiger partial charge in [-0.25, -0.2) is 0 Å². The Morgan fingerprint density at radius 2 is 1.50 bits per heavy atom. The molecule has 5 heteroatoms. The van der Waals surface area contributed by atoms with E-state index < -0.39 is 0 Å². The van der Waals surface area contributed by atoms with Crippen LogP contribution in [0.1, 0.15) is 20.8 Å². The third-order valence-corrected chi connectivity index (χ3v) is 1.87. The van der Waals surface area contributed by atoms with Gasteiger partial charge in [-0.3, -0.25) is 0 Å². The van der Waals surface area contributed by atoms with Crippen LogP contribution >= 0.6 is 0 Å². The van der Waals surface area contributed by atoms with Gasteiger partial charge in [-0.1, -0.05) is 0 Å². The molecule has 5 nitrogen and oxygen atoms in total. The highest BCUT2D eigenvalue weighted by Crippen LogP contribution is 1.86. The fourth-order valence-corrected chi connectivity index (χ4v) is 1.14. The second-order valence-electron chi connectivity index (χ2n) is 4.42. The molecule has 0 aliphatic heterocycles. The first-order chi connectivity index (χ1) is 7.52. The summed E-state index contributed by atoms with van der Waals surface area (Å²) in [4.78, 5) is 0. The normalized spacial score (nSPS) is 17.1. The number of nitrogens with one attached hydrogen (secondary N) is 1. The van der Waals surface area contributed by atoms with Crippen molar-refractivity contribution >= 4 is 0 Å². The van der Waals surface area contributed by atoms with Crippen molar-refractivity contribution in [1.29, 1.82) is 0 Å². The molecule has 0 fully saturated rings. The lowest BCUT2D eigenvalue weighted by molar-refractivity contribution is 0.0962. The van der Waals surface area contributed by atoms with Crippen LogP contribution in [-0.2, 0) is 9.47 Å². The van der Waals surface area contributed by atoms with Gasteiger partial charge in [-0.2, -0.15) is 0 Å². The predicted molar refractivity (Wildman–Crippen MR) is 66.4 cm³/mol. The van der Waals surface area contributed by atoms with Crippen LogP contribution in [0.2, 0.25) is 0 Å². The molecule has 0 aromatic carbocycles. The molecule has 0 aliphatic rings. The van der Waals surface area contributed by atoms with E-state index in [9.17, 15) is 0 Å². The van der Waals surface area contributed by atoms with Crippen molar-refractivity contribution in [3.8, 4) is 0 Å². The van der Waals surface area contributed by atoms with Crippen LogP contribution in [0, 0.1) is 0 Å². The minimum Gasteiger partial charge on any atom is -0.379 e. The molecule has 0 aromatic heterocycles. The molecule has 98 valence electrons. The second kappa shape index (κ2) is 9.99. The highest BCUT2D eigenvalue weighted by atomic mass is 16.5. The smallest absolute Gasteiger partial charge is 0.0617 e. The molecule has 0 rings (SSSR count). The first kappa shape index (κ1) is 15.8. The van der Waals surface area contributed by atoms with Crippen LogP contribution in [0.15, 0.2) is 0 Å². The molecule has 0 spiro atoms. The largest absolute Gasteiger partial charge is 0.379 e. The molecule has 0 aromatic rings. The summed E-state index contributed by atoms with van der Waals surface area (Å²) in [6.45, 7) is 9.32. The minimum atomic E-state index is 0.0987. The highest BCUT2D eigenvalue weighted by molar-refractivity contribution is 4.60. The van der Waals surface area contributed by atoms with Crippen molar-refractivity contribution in [2.45, 2.75) is 38.9 Å². The quantitative estimate of drug-likeness (QED) is 0.451. The lowest BCUT2D eigenvalue weighted by Crippen LogP contribution is -2.35. The molecule has 5 N–H and O–H groups in total. The lowest BCUT2D eigenvalue weighted by atomic mass is 10.3. The molecule has 3 atom stereocenters. The van der Waals surface area contributed by atoms with E-state index in [1.54, 1.807) is 0 Å². The second-order valence-corrected chi connectivity index (χ2v) is 4.42. The summed E-state index contributed by atoms with van der Waals surface area (Å²) < 4.78 is 10.7. The third-order valence-electron chi connectivity index (χ3n) is 1.87. The van der Waals surface area contributed by atoms with Crippen molar-refractivity contribution in [2.24, 2.45) is 11.5 Å². The molecular weight excluding hydrogens is 206 g/mol. The Morgan fingerprint density at radius 1 is 0.938 bits per heavy atom. The van der Waals surface area contributed by atoms with Crippen molar-refractivity contribution in [2.75, 3.05) is 33.0 Å². The van der Waals surface area contributed by atoms with Gasteiger partial charge >= 0.3 is 0 Å². The molecule has 0 heterocycles. The fraction of sp³-hybridized carbons (Fsp3) is 1.00. The number of nitrogens with two attached hydrogens (primary N) is 2. The van der Waals surface area contributed by atoms with Crippen molar-refractivity contribution in [3.63, 3.8) is 0 Å². The number of hydrogen-bond acceptors (Lipinski definition) is 5. The van der Waals surface area contributed by atoms with Crippen LogP contribution in [0.3, 0.4) is 0 Å². The van der Waals surface area contributed by atoms with Gasteiger partial charge < -0.3 is 26.3 Å². The van der Waals surface area contributed by atoms with E-state index in [0.717, 1.165) is 6.54 Å². The van der Waals surface area contributed by atoms with Gasteiger partial charge in [0.2, 0.25) is 0 Å². The van der Waals surface area contributed by atoms with Gasteiger partial charge in [0, 0.05) is 24.7 Å². The monoisotopic (exact) mass is 233 g/mol. The highest BCUT2D eigenvalue weighted by Gasteiger charge is 2.02. The molecular formula is C11H27N3O2. The zero-order chi connectivity index (χ0) is 12.4. The summed E-state index contributed by atoms with van der Waals surface area (Å²) in [6.07, 6.45) is 0. The van der Waals surface area contributed by atoms with Crippen molar-refractivity contribution in [1.82, 2.24) is 5.32 Å². The molecule has 0 saturated heterocycles. The first-order valence-electron chi connectivity index (χ1n) is 5.92. The third kappa shape index (κ3) is 11.9. The molecule has 0 amide bonds. The molecule has 16 heavy (non-hydrogen) atoms. The maximum atomic E-state index is 5.57. The van der Waals surface area contributed by atoms with Gasteiger partial charge in [-0.05, 0) is 20.8 Å². The summed E-state index contributed by atoms with van der Waals surface area (Å²) in [6, 6.07) is 0.519. The summed E-state index contributed by atoms with van der Waals surface area (Å²) in [7, 11) is 0. The standard InChI is InChI=1S/C11H27N3O2/c1-9(12)6-15-5-4-14-11(3)8-16-7-10(2)13/h9-11,14H,4-8,12-13H2,1-3H3. The van der Waals surface area contributed by atoms with Gasteiger partial charge in [0.05, 0.1) is 26.4 Å². The van der Waals surface area contributed by atoms with Gasteiger partial charge in [-0.15, -0.1) is 0 Å². The van der Waals surface area contributed by atoms with Gasteiger partial charge in [0.1, 0.15) is 0 Å². The van der Waals surface area contributed by atoms with Crippen LogP contribution in [0.5, 0.6) is 0 Å². The molecule has 0 bridgehead atoms. The fourth-order valence-electron chi connectivity index (χ4n) is 1.14. The molecule has 3 unspecified atom stereocenters. The zero-order valence-corrected chi connectivity index (χ0v) is 10.7. The maximum absolute atomic E-state index is 5.57. The molecule has 0 aliphatic carbocycles. The van der Waals surface area contributed by atoms with Crippen LogP contribution in [-0.4, -0.2) is 51.1 Å². The Morgan fingerprint density at radius 3 is 2.06 bits per heavy atom. The van der Waals surface area contributed by atoms with Crippen LogP contribution in [0.25, 0.3) is 0 Å². The topological polar surface area (TPSA) is 82.5 Å². The summed E-state index contributed by atoms with van der Waals surface area (Å²) >= 11 is 0. The van der Waals surface area contributed by atoms with E-state index in [1.165, 1.54) is 0 Å².